The fourth-order valence-corrected chi connectivity index (χ4v) is 3.41. The summed E-state index contributed by atoms with van der Waals surface area (Å²) in [6.07, 6.45) is 0.360. The van der Waals surface area contributed by atoms with E-state index < -0.39 is 29.6 Å². The van der Waals surface area contributed by atoms with Crippen molar-refractivity contribution in [2.45, 2.75) is 38.8 Å². The van der Waals surface area contributed by atoms with E-state index >= 15 is 0 Å². The normalized spacial score (nSPS) is 17.2. The highest BCUT2D eigenvalue weighted by atomic mass is 19.1. The summed E-state index contributed by atoms with van der Waals surface area (Å²) in [5.74, 6) is -2.28. The second-order valence-electron chi connectivity index (χ2n) is 6.90. The van der Waals surface area contributed by atoms with Gasteiger partial charge in [0.1, 0.15) is 11.9 Å². The van der Waals surface area contributed by atoms with Crippen LogP contribution in [-0.2, 0) is 9.59 Å². The first-order chi connectivity index (χ1) is 13.9. The zero-order valence-electron chi connectivity index (χ0n) is 16.1. The van der Waals surface area contributed by atoms with Crippen molar-refractivity contribution in [2.75, 3.05) is 4.90 Å². The second-order valence-corrected chi connectivity index (χ2v) is 6.90. The minimum absolute atomic E-state index is 0.134. The maximum absolute atomic E-state index is 14.2. The summed E-state index contributed by atoms with van der Waals surface area (Å²) in [4.78, 5) is 41.2. The number of hydrogen-bond acceptors (Lipinski definition) is 4. The first-order valence-corrected chi connectivity index (χ1v) is 9.33. The molecule has 2 aromatic carbocycles. The molecule has 1 fully saturated rings. The molecule has 0 radical (unpaired) electrons. The first-order valence-electron chi connectivity index (χ1n) is 9.33. The van der Waals surface area contributed by atoms with Crippen LogP contribution in [0.4, 0.5) is 10.1 Å². The van der Waals surface area contributed by atoms with Gasteiger partial charge in [0.05, 0.1) is 29.3 Å². The molecule has 1 saturated heterocycles. The number of halogens is 1. The van der Waals surface area contributed by atoms with Crippen molar-refractivity contribution in [1.82, 2.24) is 4.90 Å². The average Bonchev–Trinajstić information content (AvgIpc) is 3.02. The van der Waals surface area contributed by atoms with Crippen LogP contribution < -0.4 is 4.90 Å². The summed E-state index contributed by atoms with van der Waals surface area (Å²) >= 11 is 0. The molecule has 2 atom stereocenters. The maximum Gasteiger partial charge on any atom is 0.257 e. The average molecular weight is 393 g/mol. The van der Waals surface area contributed by atoms with Crippen LogP contribution in [0.5, 0.6) is 0 Å². The predicted molar refractivity (Wildman–Crippen MR) is 104 cm³/mol. The van der Waals surface area contributed by atoms with Crippen molar-refractivity contribution in [1.29, 1.82) is 5.26 Å². The SMILES string of the molecule is CCC(C)N(C(=O)c1ccccc1F)C1CC(=O)N(c2ccc(C#N)cc2)C1=O. The summed E-state index contributed by atoms with van der Waals surface area (Å²) < 4.78 is 14.2. The van der Waals surface area contributed by atoms with Crippen LogP contribution in [0.25, 0.3) is 0 Å². The lowest BCUT2D eigenvalue weighted by molar-refractivity contribution is -0.122. The number of hydrogen-bond donors (Lipinski definition) is 0. The van der Waals surface area contributed by atoms with E-state index in [9.17, 15) is 18.8 Å². The number of benzene rings is 2. The molecule has 7 heteroatoms. The quantitative estimate of drug-likeness (QED) is 0.730. The van der Waals surface area contributed by atoms with E-state index in [2.05, 4.69) is 0 Å². The second kappa shape index (κ2) is 8.23. The van der Waals surface area contributed by atoms with Gasteiger partial charge < -0.3 is 4.90 Å². The van der Waals surface area contributed by atoms with E-state index in [4.69, 9.17) is 5.26 Å². The number of nitriles is 1. The number of imide groups is 1. The highest BCUT2D eigenvalue weighted by molar-refractivity contribution is 6.23. The Morgan fingerprint density at radius 3 is 2.48 bits per heavy atom. The molecule has 148 valence electrons. The molecule has 3 rings (SSSR count). The fraction of sp³-hybridized carbons (Fsp3) is 0.273. The first kappa shape index (κ1) is 20.2. The molecule has 2 unspecified atom stereocenters. The number of rotatable bonds is 5. The van der Waals surface area contributed by atoms with Gasteiger partial charge in [-0.2, -0.15) is 5.26 Å². The highest BCUT2D eigenvalue weighted by Crippen LogP contribution is 2.29. The van der Waals surface area contributed by atoms with Gasteiger partial charge in [0.2, 0.25) is 5.91 Å². The van der Waals surface area contributed by atoms with Crippen LogP contribution in [-0.4, -0.2) is 34.7 Å². The Morgan fingerprint density at radius 1 is 1.24 bits per heavy atom. The highest BCUT2D eigenvalue weighted by Gasteiger charge is 2.46. The molecular formula is C22H20FN3O3. The Hall–Kier alpha value is -3.53. The van der Waals surface area contributed by atoms with E-state index in [0.29, 0.717) is 17.7 Å². The van der Waals surface area contributed by atoms with Crippen LogP contribution >= 0.6 is 0 Å². The standard InChI is InChI=1S/C22H20FN3O3/c1-3-14(2)25(21(28)17-6-4-5-7-18(17)23)19-12-20(27)26(22(19)29)16-10-8-15(13-24)9-11-16/h4-11,14,19H,3,12H2,1-2H3. The summed E-state index contributed by atoms with van der Waals surface area (Å²) in [5, 5.41) is 8.92. The minimum atomic E-state index is -1.01. The number of carbonyl (C=O) groups is 3. The van der Waals surface area contributed by atoms with Gasteiger partial charge in [-0.25, -0.2) is 9.29 Å². The smallest absolute Gasteiger partial charge is 0.257 e. The van der Waals surface area contributed by atoms with Gasteiger partial charge >= 0.3 is 0 Å². The van der Waals surface area contributed by atoms with E-state index in [0.717, 1.165) is 4.90 Å². The lowest BCUT2D eigenvalue weighted by Gasteiger charge is -2.33. The van der Waals surface area contributed by atoms with Crippen molar-refractivity contribution >= 4 is 23.4 Å². The third kappa shape index (κ3) is 3.74. The van der Waals surface area contributed by atoms with E-state index in [-0.39, 0.29) is 18.0 Å². The Bertz CT molecular complexity index is 997. The molecule has 29 heavy (non-hydrogen) atoms. The van der Waals surface area contributed by atoms with Crippen LogP contribution in [0.2, 0.25) is 0 Å². The molecule has 6 nitrogen and oxygen atoms in total. The molecule has 3 amide bonds. The minimum Gasteiger partial charge on any atom is -0.323 e. The molecule has 0 aromatic heterocycles. The number of nitrogens with zero attached hydrogens (tertiary/aromatic N) is 3. The zero-order valence-corrected chi connectivity index (χ0v) is 16.1. The lowest BCUT2D eigenvalue weighted by atomic mass is 10.1. The summed E-state index contributed by atoms with van der Waals surface area (Å²) in [5.41, 5.74) is 0.606. The van der Waals surface area contributed by atoms with Crippen LogP contribution in [0.1, 0.15) is 42.6 Å². The van der Waals surface area contributed by atoms with Crippen molar-refractivity contribution in [3.63, 3.8) is 0 Å². The van der Waals surface area contributed by atoms with Gasteiger partial charge in [0.15, 0.2) is 0 Å². The summed E-state index contributed by atoms with van der Waals surface area (Å²) in [6, 6.07) is 12.2. The molecule has 0 spiro atoms. The number of carbonyl (C=O) groups excluding carboxylic acids is 3. The van der Waals surface area contributed by atoms with E-state index in [1.54, 1.807) is 13.0 Å². The van der Waals surface area contributed by atoms with Crippen molar-refractivity contribution < 1.29 is 18.8 Å². The number of anilines is 1. The molecule has 0 saturated carbocycles. The van der Waals surface area contributed by atoms with Crippen molar-refractivity contribution in [3.8, 4) is 6.07 Å². The van der Waals surface area contributed by atoms with E-state index in [1.165, 1.54) is 47.4 Å². The zero-order chi connectivity index (χ0) is 21.1. The summed E-state index contributed by atoms with van der Waals surface area (Å²) in [7, 11) is 0. The fourth-order valence-electron chi connectivity index (χ4n) is 3.41. The molecule has 1 aliphatic rings. The molecule has 1 heterocycles. The van der Waals surface area contributed by atoms with E-state index in [1.807, 2.05) is 13.0 Å². The molecular weight excluding hydrogens is 373 g/mol. The van der Waals surface area contributed by atoms with Gasteiger partial charge in [-0.05, 0) is 49.7 Å². The summed E-state index contributed by atoms with van der Waals surface area (Å²) in [6.45, 7) is 3.62. The Labute approximate surface area is 168 Å². The molecule has 1 aliphatic heterocycles. The van der Waals surface area contributed by atoms with Gasteiger partial charge in [-0.1, -0.05) is 19.1 Å². The van der Waals surface area contributed by atoms with Gasteiger partial charge in [-0.15, -0.1) is 0 Å². The number of amides is 3. The molecule has 0 N–H and O–H groups in total. The van der Waals surface area contributed by atoms with Crippen molar-refractivity contribution in [2.24, 2.45) is 0 Å². The van der Waals surface area contributed by atoms with Crippen LogP contribution in [0.15, 0.2) is 48.5 Å². The predicted octanol–water partition coefficient (Wildman–Crippen LogP) is 3.27. The third-order valence-corrected chi connectivity index (χ3v) is 5.12. The third-order valence-electron chi connectivity index (χ3n) is 5.12. The monoisotopic (exact) mass is 393 g/mol. The Morgan fingerprint density at radius 2 is 1.90 bits per heavy atom. The maximum atomic E-state index is 14.2. The van der Waals surface area contributed by atoms with Crippen molar-refractivity contribution in [3.05, 3.63) is 65.5 Å². The lowest BCUT2D eigenvalue weighted by Crippen LogP contribution is -2.50. The largest absolute Gasteiger partial charge is 0.323 e. The molecule has 2 aromatic rings. The van der Waals surface area contributed by atoms with Crippen LogP contribution in [0, 0.1) is 17.1 Å². The van der Waals surface area contributed by atoms with Gasteiger partial charge in [0, 0.05) is 6.04 Å². The Balaban J connectivity index is 1.96. The van der Waals surface area contributed by atoms with Gasteiger partial charge in [-0.3, -0.25) is 14.4 Å². The topological polar surface area (TPSA) is 81.5 Å². The molecule has 0 aliphatic carbocycles. The van der Waals surface area contributed by atoms with Gasteiger partial charge in [0.25, 0.3) is 11.8 Å². The Kier molecular flexibility index (Phi) is 5.74. The van der Waals surface area contributed by atoms with Crippen LogP contribution in [0.3, 0.4) is 0 Å². The molecule has 0 bridgehead atoms.